The monoisotopic (exact) mass is 544 g/mol. The number of nitrogens with zero attached hydrogens (tertiary/aromatic N) is 4. The van der Waals surface area contributed by atoms with Crippen molar-refractivity contribution in [1.29, 1.82) is 0 Å². The molecule has 1 saturated heterocycles. The number of H-pyrrole nitrogens is 1. The van der Waals surface area contributed by atoms with E-state index in [-0.39, 0.29) is 10.9 Å². The number of piperidine rings is 1. The molecule has 0 saturated carbocycles. The van der Waals surface area contributed by atoms with Gasteiger partial charge in [0.05, 0.1) is 16.0 Å². The maximum absolute atomic E-state index is 13.3. The third kappa shape index (κ3) is 5.18. The first-order valence-corrected chi connectivity index (χ1v) is 13.5. The highest BCUT2D eigenvalue weighted by Gasteiger charge is 2.32. The summed E-state index contributed by atoms with van der Waals surface area (Å²) in [4.78, 5) is 5.99. The van der Waals surface area contributed by atoms with Gasteiger partial charge in [0.25, 0.3) is 0 Å². The lowest BCUT2D eigenvalue weighted by atomic mass is 10.0. The van der Waals surface area contributed by atoms with Crippen LogP contribution in [0.3, 0.4) is 0 Å². The number of aromatic amines is 1. The van der Waals surface area contributed by atoms with Crippen molar-refractivity contribution in [1.82, 2.24) is 19.5 Å². The molecule has 3 heterocycles. The van der Waals surface area contributed by atoms with Crippen LogP contribution < -0.4 is 10.2 Å². The van der Waals surface area contributed by atoms with Gasteiger partial charge in [-0.15, -0.1) is 0 Å². The number of sulfonamides is 1. The Hall–Kier alpha value is -3.64. The molecule has 1 aliphatic heterocycles. The van der Waals surface area contributed by atoms with Crippen LogP contribution in [-0.4, -0.2) is 61.1 Å². The molecule has 38 heavy (non-hydrogen) atoms. The molecule has 12 heteroatoms. The number of hydrogen-bond acceptors (Lipinski definition) is 6. The standard InChI is InChI=1S/C26H27F3N6O2S/c1-34(2)25-22-15-18(5-9-23(22)32-33-25)17-3-7-21(8-4-17)38(36,37)35-13-11-20(12-14-35)31-24-10-6-19(16-30-24)26(27,28)29/h3-10,15-16,20H,11-14H2,1-2H3,(H,30,31)(H,32,33). The molecule has 2 N–H and O–H groups in total. The van der Waals surface area contributed by atoms with Crippen LogP contribution in [0.25, 0.3) is 22.0 Å². The maximum atomic E-state index is 13.3. The predicted octanol–water partition coefficient (Wildman–Crippen LogP) is 4.97. The molecule has 5 rings (SSSR count). The zero-order chi connectivity index (χ0) is 27.1. The van der Waals surface area contributed by atoms with Crippen LogP contribution in [0.2, 0.25) is 0 Å². The molecule has 0 amide bonds. The van der Waals surface area contributed by atoms with Crippen LogP contribution >= 0.6 is 0 Å². The van der Waals surface area contributed by atoms with Gasteiger partial charge in [-0.3, -0.25) is 5.10 Å². The average Bonchev–Trinajstić information content (AvgIpc) is 3.33. The van der Waals surface area contributed by atoms with Crippen molar-refractivity contribution in [2.45, 2.75) is 30.0 Å². The van der Waals surface area contributed by atoms with E-state index in [1.807, 2.05) is 37.2 Å². The SMILES string of the molecule is CN(C)c1n[nH]c2ccc(-c3ccc(S(=O)(=O)N4CCC(Nc5ccc(C(F)(F)F)cn5)CC4)cc3)cc12. The van der Waals surface area contributed by atoms with Crippen LogP contribution in [0.1, 0.15) is 18.4 Å². The molecule has 8 nitrogen and oxygen atoms in total. The van der Waals surface area contributed by atoms with Crippen LogP contribution in [0, 0.1) is 0 Å². The first kappa shape index (κ1) is 26.0. The Bertz CT molecular complexity index is 1530. The van der Waals surface area contributed by atoms with E-state index in [1.54, 1.807) is 24.3 Å². The summed E-state index contributed by atoms with van der Waals surface area (Å²) in [6, 6.07) is 15.0. The molecule has 2 aromatic carbocycles. The van der Waals surface area contributed by atoms with Gasteiger partial charge >= 0.3 is 6.18 Å². The second-order valence-electron chi connectivity index (χ2n) is 9.48. The molecule has 0 radical (unpaired) electrons. The van der Waals surface area contributed by atoms with Gasteiger partial charge in [-0.1, -0.05) is 18.2 Å². The number of anilines is 2. The zero-order valence-corrected chi connectivity index (χ0v) is 21.6. The predicted molar refractivity (Wildman–Crippen MR) is 140 cm³/mol. The Morgan fingerprint density at radius 2 is 1.68 bits per heavy atom. The minimum Gasteiger partial charge on any atom is -0.367 e. The van der Waals surface area contributed by atoms with E-state index in [2.05, 4.69) is 20.5 Å². The number of aromatic nitrogens is 3. The second-order valence-corrected chi connectivity index (χ2v) is 11.4. The smallest absolute Gasteiger partial charge is 0.367 e. The molecule has 1 fully saturated rings. The van der Waals surface area contributed by atoms with Gasteiger partial charge in [-0.2, -0.15) is 22.6 Å². The van der Waals surface area contributed by atoms with Crippen molar-refractivity contribution in [3.63, 3.8) is 0 Å². The van der Waals surface area contributed by atoms with Gasteiger partial charge in [0.1, 0.15) is 5.82 Å². The fourth-order valence-corrected chi connectivity index (χ4v) is 6.06. The molecule has 200 valence electrons. The first-order valence-electron chi connectivity index (χ1n) is 12.1. The van der Waals surface area contributed by atoms with Crippen molar-refractivity contribution < 1.29 is 21.6 Å². The van der Waals surface area contributed by atoms with E-state index in [0.717, 1.165) is 40.1 Å². The minimum absolute atomic E-state index is 0.0852. The number of halogens is 3. The summed E-state index contributed by atoms with van der Waals surface area (Å²) in [5.41, 5.74) is 1.96. The van der Waals surface area contributed by atoms with Crippen molar-refractivity contribution in [3.05, 3.63) is 66.4 Å². The van der Waals surface area contributed by atoms with Gasteiger partial charge in [0.2, 0.25) is 10.0 Å². The summed E-state index contributed by atoms with van der Waals surface area (Å²) in [6.07, 6.45) is -2.62. The number of alkyl halides is 3. The van der Waals surface area contributed by atoms with E-state index in [1.165, 1.54) is 10.4 Å². The molecule has 0 spiro atoms. The summed E-state index contributed by atoms with van der Waals surface area (Å²) >= 11 is 0. The lowest BCUT2D eigenvalue weighted by Crippen LogP contribution is -2.42. The normalized spacial score (nSPS) is 15.6. The largest absolute Gasteiger partial charge is 0.417 e. The Morgan fingerprint density at radius 3 is 2.29 bits per heavy atom. The number of hydrogen-bond donors (Lipinski definition) is 2. The summed E-state index contributed by atoms with van der Waals surface area (Å²) in [6.45, 7) is 0.597. The molecule has 0 atom stereocenters. The molecule has 2 aromatic heterocycles. The van der Waals surface area contributed by atoms with Crippen molar-refractivity contribution in [2.75, 3.05) is 37.4 Å². The quantitative estimate of drug-likeness (QED) is 0.356. The highest BCUT2D eigenvalue weighted by molar-refractivity contribution is 7.89. The second kappa shape index (κ2) is 9.91. The molecule has 0 bridgehead atoms. The fourth-order valence-electron chi connectivity index (χ4n) is 4.59. The third-order valence-corrected chi connectivity index (χ3v) is 8.60. The molecular formula is C26H27F3N6O2S. The van der Waals surface area contributed by atoms with Gasteiger partial charge in [0.15, 0.2) is 5.82 Å². The zero-order valence-electron chi connectivity index (χ0n) is 20.8. The first-order chi connectivity index (χ1) is 18.0. The lowest BCUT2D eigenvalue weighted by molar-refractivity contribution is -0.137. The maximum Gasteiger partial charge on any atom is 0.417 e. The Kier molecular flexibility index (Phi) is 6.78. The number of nitrogens with one attached hydrogen (secondary N) is 2. The number of fused-ring (bicyclic) bond motifs is 1. The topological polar surface area (TPSA) is 94.2 Å². The fraction of sp³-hybridized carbons (Fsp3) is 0.308. The Labute approximate surface area is 218 Å². The average molecular weight is 545 g/mol. The van der Waals surface area contributed by atoms with E-state index >= 15 is 0 Å². The summed E-state index contributed by atoms with van der Waals surface area (Å²) in [5.74, 6) is 1.16. The third-order valence-electron chi connectivity index (χ3n) is 6.69. The van der Waals surface area contributed by atoms with Crippen LogP contribution in [0.5, 0.6) is 0 Å². The van der Waals surface area contributed by atoms with Crippen molar-refractivity contribution >= 4 is 32.6 Å². The highest BCUT2D eigenvalue weighted by Crippen LogP contribution is 2.31. The van der Waals surface area contributed by atoms with Gasteiger partial charge in [0, 0.05) is 44.8 Å². The molecule has 0 unspecified atom stereocenters. The summed E-state index contributed by atoms with van der Waals surface area (Å²) in [7, 11) is 0.166. The van der Waals surface area contributed by atoms with Gasteiger partial charge < -0.3 is 10.2 Å². The minimum atomic E-state index is -4.44. The number of rotatable bonds is 6. The molecule has 1 aliphatic rings. The molecule has 4 aromatic rings. The van der Waals surface area contributed by atoms with Crippen molar-refractivity contribution in [3.8, 4) is 11.1 Å². The summed E-state index contributed by atoms with van der Waals surface area (Å²) < 4.78 is 66.2. The highest BCUT2D eigenvalue weighted by atomic mass is 32.2. The van der Waals surface area contributed by atoms with E-state index in [4.69, 9.17) is 0 Å². The molecular weight excluding hydrogens is 517 g/mol. The van der Waals surface area contributed by atoms with Gasteiger partial charge in [-0.25, -0.2) is 13.4 Å². The Morgan fingerprint density at radius 1 is 1.00 bits per heavy atom. The Balaban J connectivity index is 1.24. The van der Waals surface area contributed by atoms with Crippen LogP contribution in [-0.2, 0) is 16.2 Å². The molecule has 0 aliphatic carbocycles. The number of benzene rings is 2. The van der Waals surface area contributed by atoms with E-state index < -0.39 is 21.8 Å². The van der Waals surface area contributed by atoms with Crippen LogP contribution in [0.15, 0.2) is 65.7 Å². The van der Waals surface area contributed by atoms with Gasteiger partial charge in [-0.05, 0) is 60.4 Å². The number of pyridine rings is 1. The summed E-state index contributed by atoms with van der Waals surface area (Å²) in [5, 5.41) is 11.4. The van der Waals surface area contributed by atoms with Crippen LogP contribution in [0.4, 0.5) is 24.8 Å². The van der Waals surface area contributed by atoms with Crippen molar-refractivity contribution in [2.24, 2.45) is 0 Å². The van der Waals surface area contributed by atoms with E-state index in [0.29, 0.717) is 31.7 Å². The van der Waals surface area contributed by atoms with E-state index in [9.17, 15) is 21.6 Å². The lowest BCUT2D eigenvalue weighted by Gasteiger charge is -2.32.